The van der Waals surface area contributed by atoms with Crippen LogP contribution in [0.3, 0.4) is 0 Å². The highest BCUT2D eigenvalue weighted by atomic mass is 32.2. The summed E-state index contributed by atoms with van der Waals surface area (Å²) in [5.41, 5.74) is 1.64. The predicted molar refractivity (Wildman–Crippen MR) is 77.7 cm³/mol. The van der Waals surface area contributed by atoms with Gasteiger partial charge in [0.15, 0.2) is 0 Å². The zero-order valence-electron chi connectivity index (χ0n) is 11.3. The molecule has 1 unspecified atom stereocenters. The normalized spacial score (nSPS) is 21.9. The molecule has 1 fully saturated rings. The molecule has 0 bridgehead atoms. The van der Waals surface area contributed by atoms with Crippen LogP contribution in [0.15, 0.2) is 24.3 Å². The average Bonchev–Trinajstić information content (AvgIpc) is 2.86. The highest BCUT2D eigenvalue weighted by Gasteiger charge is 2.38. The van der Waals surface area contributed by atoms with E-state index >= 15 is 0 Å². The Balaban J connectivity index is 2.06. The van der Waals surface area contributed by atoms with Gasteiger partial charge in [-0.15, -0.1) is 11.8 Å². The number of carbonyl (C=O) groups excluding carboxylic acids is 1. The minimum Gasteiger partial charge on any atom is -0.340 e. The van der Waals surface area contributed by atoms with E-state index in [1.54, 1.807) is 22.7 Å². The number of nitriles is 1. The van der Waals surface area contributed by atoms with Crippen LogP contribution < -0.4 is 0 Å². The van der Waals surface area contributed by atoms with Gasteiger partial charge in [0.1, 0.15) is 0 Å². The molecule has 4 heteroatoms. The highest BCUT2D eigenvalue weighted by molar-refractivity contribution is 8.01. The molecule has 19 heavy (non-hydrogen) atoms. The molecule has 100 valence electrons. The van der Waals surface area contributed by atoms with Crippen molar-refractivity contribution in [2.24, 2.45) is 0 Å². The smallest absolute Gasteiger partial charge is 0.238 e. The van der Waals surface area contributed by atoms with Gasteiger partial charge in [0.05, 0.1) is 16.4 Å². The van der Waals surface area contributed by atoms with Crippen LogP contribution in [0.5, 0.6) is 0 Å². The first-order chi connectivity index (χ1) is 9.05. The van der Waals surface area contributed by atoms with Gasteiger partial charge in [-0.25, -0.2) is 0 Å². The minimum atomic E-state index is -0.262. The van der Waals surface area contributed by atoms with Crippen molar-refractivity contribution >= 4 is 17.7 Å². The predicted octanol–water partition coefficient (Wildman–Crippen LogP) is 2.80. The van der Waals surface area contributed by atoms with Crippen LogP contribution >= 0.6 is 11.8 Å². The van der Waals surface area contributed by atoms with Crippen LogP contribution in [0, 0.1) is 11.3 Å². The number of hydrogen-bond acceptors (Lipinski definition) is 3. The molecule has 1 aromatic carbocycles. The summed E-state index contributed by atoms with van der Waals surface area (Å²) in [7, 11) is 1.84. The number of benzene rings is 1. The van der Waals surface area contributed by atoms with Crippen molar-refractivity contribution in [2.75, 3.05) is 12.8 Å². The number of rotatable bonds is 3. The SMILES string of the molecule is CN(Cc1cccc(C#N)c1)C(=O)C1(C)CCCS1. The van der Waals surface area contributed by atoms with Crippen LogP contribution in [-0.4, -0.2) is 28.4 Å². The molecule has 0 aromatic heterocycles. The molecule has 0 aliphatic carbocycles. The van der Waals surface area contributed by atoms with E-state index in [4.69, 9.17) is 5.26 Å². The van der Waals surface area contributed by atoms with Crippen LogP contribution in [0.4, 0.5) is 0 Å². The zero-order valence-corrected chi connectivity index (χ0v) is 12.2. The molecule has 0 spiro atoms. The molecular formula is C15H18N2OS. The monoisotopic (exact) mass is 274 g/mol. The van der Waals surface area contributed by atoms with Crippen molar-refractivity contribution < 1.29 is 4.79 Å². The van der Waals surface area contributed by atoms with Gasteiger partial charge >= 0.3 is 0 Å². The van der Waals surface area contributed by atoms with Gasteiger partial charge in [-0.3, -0.25) is 4.79 Å². The van der Waals surface area contributed by atoms with Crippen molar-refractivity contribution in [3.8, 4) is 6.07 Å². The first-order valence-electron chi connectivity index (χ1n) is 6.44. The van der Waals surface area contributed by atoms with E-state index in [0.29, 0.717) is 12.1 Å². The summed E-state index contributed by atoms with van der Waals surface area (Å²) in [6, 6.07) is 9.56. The maximum atomic E-state index is 12.5. The van der Waals surface area contributed by atoms with Gasteiger partial charge in [-0.1, -0.05) is 12.1 Å². The van der Waals surface area contributed by atoms with Gasteiger partial charge in [0.2, 0.25) is 5.91 Å². The summed E-state index contributed by atoms with van der Waals surface area (Å²) in [5, 5.41) is 8.89. The lowest BCUT2D eigenvalue weighted by Gasteiger charge is -2.28. The minimum absolute atomic E-state index is 0.192. The van der Waals surface area contributed by atoms with E-state index in [1.807, 2.05) is 32.2 Å². The van der Waals surface area contributed by atoms with Crippen molar-refractivity contribution in [2.45, 2.75) is 31.1 Å². The summed E-state index contributed by atoms with van der Waals surface area (Å²) in [6.45, 7) is 2.60. The molecule has 3 nitrogen and oxygen atoms in total. The number of thioether (sulfide) groups is 1. The molecule has 1 aromatic rings. The fourth-order valence-electron chi connectivity index (χ4n) is 2.44. The van der Waals surface area contributed by atoms with Crippen LogP contribution in [0.2, 0.25) is 0 Å². The molecule has 1 aliphatic heterocycles. The summed E-state index contributed by atoms with van der Waals surface area (Å²) < 4.78 is -0.262. The molecule has 0 radical (unpaired) electrons. The largest absolute Gasteiger partial charge is 0.340 e. The first-order valence-corrected chi connectivity index (χ1v) is 7.42. The second-order valence-corrected chi connectivity index (χ2v) is 6.75. The second kappa shape index (κ2) is 5.66. The average molecular weight is 274 g/mol. The maximum absolute atomic E-state index is 12.5. The maximum Gasteiger partial charge on any atom is 0.238 e. The second-order valence-electron chi connectivity index (χ2n) is 5.16. The third-order valence-corrected chi connectivity index (χ3v) is 5.00. The Morgan fingerprint density at radius 1 is 1.58 bits per heavy atom. The van der Waals surface area contributed by atoms with Crippen molar-refractivity contribution in [1.29, 1.82) is 5.26 Å². The molecule has 1 heterocycles. The molecule has 0 saturated carbocycles. The standard InChI is InChI=1S/C15H18N2OS/c1-15(7-4-8-19-15)14(18)17(2)11-13-6-3-5-12(9-13)10-16/h3,5-6,9H,4,7-8,11H2,1-2H3. The lowest BCUT2D eigenvalue weighted by atomic mass is 10.0. The summed E-state index contributed by atoms with van der Waals surface area (Å²) >= 11 is 1.76. The summed E-state index contributed by atoms with van der Waals surface area (Å²) in [6.07, 6.45) is 2.07. The van der Waals surface area contributed by atoms with E-state index < -0.39 is 0 Å². The Kier molecular flexibility index (Phi) is 4.16. The number of hydrogen-bond donors (Lipinski definition) is 0. The third-order valence-electron chi connectivity index (χ3n) is 3.49. The number of amides is 1. The Labute approximate surface area is 118 Å². The molecule has 1 saturated heterocycles. The van der Waals surface area contributed by atoms with Crippen molar-refractivity contribution in [3.63, 3.8) is 0 Å². The van der Waals surface area contributed by atoms with E-state index in [-0.39, 0.29) is 10.7 Å². The highest BCUT2D eigenvalue weighted by Crippen LogP contribution is 2.39. The number of carbonyl (C=O) groups is 1. The lowest BCUT2D eigenvalue weighted by Crippen LogP contribution is -2.41. The van der Waals surface area contributed by atoms with Crippen LogP contribution in [0.1, 0.15) is 30.9 Å². The van der Waals surface area contributed by atoms with Gasteiger partial charge in [-0.05, 0) is 43.2 Å². The Morgan fingerprint density at radius 2 is 2.37 bits per heavy atom. The molecule has 1 atom stereocenters. The zero-order chi connectivity index (χ0) is 13.9. The summed E-state index contributed by atoms with van der Waals surface area (Å²) in [4.78, 5) is 14.2. The van der Waals surface area contributed by atoms with E-state index in [1.165, 1.54) is 0 Å². The van der Waals surface area contributed by atoms with Crippen LogP contribution in [0.25, 0.3) is 0 Å². The summed E-state index contributed by atoms with van der Waals surface area (Å²) in [5.74, 6) is 1.26. The van der Waals surface area contributed by atoms with E-state index in [9.17, 15) is 4.79 Å². The fourth-order valence-corrected chi connectivity index (χ4v) is 3.74. The third kappa shape index (κ3) is 3.10. The Bertz CT molecular complexity index is 515. The first kappa shape index (κ1) is 14.0. The molecule has 0 N–H and O–H groups in total. The van der Waals surface area contributed by atoms with Gasteiger partial charge in [-0.2, -0.15) is 5.26 Å². The van der Waals surface area contributed by atoms with Crippen molar-refractivity contribution in [3.05, 3.63) is 35.4 Å². The lowest BCUT2D eigenvalue weighted by molar-refractivity contribution is -0.132. The quantitative estimate of drug-likeness (QED) is 0.851. The topological polar surface area (TPSA) is 44.1 Å². The van der Waals surface area contributed by atoms with Crippen LogP contribution in [-0.2, 0) is 11.3 Å². The van der Waals surface area contributed by atoms with Gasteiger partial charge in [0, 0.05) is 13.6 Å². The molecule has 2 rings (SSSR count). The van der Waals surface area contributed by atoms with E-state index in [2.05, 4.69) is 6.07 Å². The fraction of sp³-hybridized carbons (Fsp3) is 0.467. The Hall–Kier alpha value is -1.47. The van der Waals surface area contributed by atoms with Gasteiger partial charge < -0.3 is 4.90 Å². The molecule has 1 aliphatic rings. The van der Waals surface area contributed by atoms with E-state index in [0.717, 1.165) is 24.2 Å². The number of nitrogens with zero attached hydrogens (tertiary/aromatic N) is 2. The Morgan fingerprint density at radius 3 is 3.00 bits per heavy atom. The molecular weight excluding hydrogens is 256 g/mol. The van der Waals surface area contributed by atoms with Crippen molar-refractivity contribution in [1.82, 2.24) is 4.90 Å². The van der Waals surface area contributed by atoms with Gasteiger partial charge in [0.25, 0.3) is 0 Å². The molecule has 1 amide bonds.